The van der Waals surface area contributed by atoms with E-state index < -0.39 is 30.5 Å². The molecule has 0 saturated carbocycles. The third kappa shape index (κ3) is 4.19. The van der Waals surface area contributed by atoms with Crippen molar-refractivity contribution < 1.29 is 37.7 Å². The number of nitrogens with zero attached hydrogens (tertiary/aromatic N) is 3. The Morgan fingerprint density at radius 3 is 2.84 bits per heavy atom. The van der Waals surface area contributed by atoms with Crippen LogP contribution in [-0.4, -0.2) is 58.8 Å². The SMILES string of the molecule is O=C(COc1nc(-c2ccc(F)cc2F)n(O)n1)OCC1OCCO1. The highest BCUT2D eigenvalue weighted by Crippen LogP contribution is 2.22. The van der Waals surface area contributed by atoms with Crippen molar-refractivity contribution in [3.05, 3.63) is 29.8 Å². The Hall–Kier alpha value is -2.79. The van der Waals surface area contributed by atoms with Crippen molar-refractivity contribution in [2.45, 2.75) is 6.29 Å². The van der Waals surface area contributed by atoms with Gasteiger partial charge in [0, 0.05) is 6.07 Å². The van der Waals surface area contributed by atoms with Gasteiger partial charge >= 0.3 is 12.0 Å². The number of ether oxygens (including phenoxy) is 4. The van der Waals surface area contributed by atoms with Crippen molar-refractivity contribution in [1.29, 1.82) is 0 Å². The Morgan fingerprint density at radius 1 is 1.36 bits per heavy atom. The number of rotatable bonds is 6. The maximum atomic E-state index is 13.7. The van der Waals surface area contributed by atoms with Crippen LogP contribution in [0.1, 0.15) is 0 Å². The van der Waals surface area contributed by atoms with Crippen molar-refractivity contribution in [2.24, 2.45) is 0 Å². The summed E-state index contributed by atoms with van der Waals surface area (Å²) in [5.41, 5.74) is -0.190. The zero-order valence-electron chi connectivity index (χ0n) is 12.7. The molecule has 2 aromatic rings. The van der Waals surface area contributed by atoms with Crippen LogP contribution in [0.15, 0.2) is 18.2 Å². The van der Waals surface area contributed by atoms with Crippen LogP contribution in [0, 0.1) is 11.6 Å². The molecule has 11 heteroatoms. The highest BCUT2D eigenvalue weighted by atomic mass is 19.1. The zero-order valence-corrected chi connectivity index (χ0v) is 12.7. The van der Waals surface area contributed by atoms with Crippen LogP contribution in [0.4, 0.5) is 8.78 Å². The lowest BCUT2D eigenvalue weighted by Gasteiger charge is -2.09. The summed E-state index contributed by atoms with van der Waals surface area (Å²) >= 11 is 0. The lowest BCUT2D eigenvalue weighted by molar-refractivity contribution is -0.158. The van der Waals surface area contributed by atoms with Crippen LogP contribution in [-0.2, 0) is 19.0 Å². The van der Waals surface area contributed by atoms with Gasteiger partial charge in [0.1, 0.15) is 18.2 Å². The number of carbonyl (C=O) groups excluding carboxylic acids is 1. The number of carbonyl (C=O) groups is 1. The van der Waals surface area contributed by atoms with E-state index in [2.05, 4.69) is 10.1 Å². The number of hydrogen-bond acceptors (Lipinski definition) is 8. The van der Waals surface area contributed by atoms with Crippen LogP contribution in [0.2, 0.25) is 0 Å². The van der Waals surface area contributed by atoms with Gasteiger partial charge in [-0.2, -0.15) is 4.98 Å². The van der Waals surface area contributed by atoms with E-state index in [1.807, 2.05) is 0 Å². The number of aromatic nitrogens is 3. The van der Waals surface area contributed by atoms with E-state index in [0.29, 0.717) is 19.3 Å². The molecule has 0 amide bonds. The predicted molar refractivity (Wildman–Crippen MR) is 74.7 cm³/mol. The van der Waals surface area contributed by atoms with Crippen molar-refractivity contribution in [3.63, 3.8) is 0 Å². The molecule has 9 nitrogen and oxygen atoms in total. The van der Waals surface area contributed by atoms with Crippen LogP contribution < -0.4 is 4.74 Å². The molecule has 0 aliphatic carbocycles. The minimum Gasteiger partial charge on any atom is -0.458 e. The zero-order chi connectivity index (χ0) is 17.8. The number of hydrogen-bond donors (Lipinski definition) is 1. The minimum atomic E-state index is -0.940. The van der Waals surface area contributed by atoms with E-state index >= 15 is 0 Å². The van der Waals surface area contributed by atoms with Gasteiger partial charge in [-0.25, -0.2) is 13.6 Å². The first-order valence-electron chi connectivity index (χ1n) is 7.16. The maximum absolute atomic E-state index is 13.7. The van der Waals surface area contributed by atoms with Crippen molar-refractivity contribution in [1.82, 2.24) is 14.9 Å². The molecule has 0 spiro atoms. The summed E-state index contributed by atoms with van der Waals surface area (Å²) in [6.07, 6.45) is -0.605. The van der Waals surface area contributed by atoms with Gasteiger partial charge in [-0.3, -0.25) is 0 Å². The molecular formula is C14H13F2N3O6. The summed E-state index contributed by atoms with van der Waals surface area (Å²) in [4.78, 5) is 15.5. The van der Waals surface area contributed by atoms with Crippen LogP contribution >= 0.6 is 0 Å². The molecule has 1 aliphatic rings. The first kappa shape index (κ1) is 17.0. The van der Waals surface area contributed by atoms with Gasteiger partial charge < -0.3 is 24.2 Å². The van der Waals surface area contributed by atoms with E-state index in [-0.39, 0.29) is 28.9 Å². The normalized spacial score (nSPS) is 14.6. The molecule has 1 saturated heterocycles. The number of benzene rings is 1. The second kappa shape index (κ2) is 7.40. The summed E-state index contributed by atoms with van der Waals surface area (Å²) in [5, 5.41) is 13.1. The van der Waals surface area contributed by atoms with E-state index in [1.165, 1.54) is 0 Å². The Morgan fingerprint density at radius 2 is 2.12 bits per heavy atom. The topological polar surface area (TPSA) is 105 Å². The standard InChI is InChI=1S/C14H13F2N3O6/c15-8-1-2-9(10(16)5-8)13-17-14(18-19(13)21)25-6-11(20)24-7-12-22-3-4-23-12/h1-2,5,12,21H,3-4,6-7H2. The molecule has 3 rings (SSSR count). The monoisotopic (exact) mass is 357 g/mol. The van der Waals surface area contributed by atoms with Crippen molar-refractivity contribution in [3.8, 4) is 17.4 Å². The van der Waals surface area contributed by atoms with E-state index in [4.69, 9.17) is 18.9 Å². The summed E-state index contributed by atoms with van der Waals surface area (Å²) in [5.74, 6) is -2.76. The van der Waals surface area contributed by atoms with Crippen LogP contribution in [0.5, 0.6) is 6.01 Å². The summed E-state index contributed by atoms with van der Waals surface area (Å²) in [7, 11) is 0. The molecule has 1 aliphatic heterocycles. The molecule has 134 valence electrons. The van der Waals surface area contributed by atoms with Gasteiger partial charge in [0.25, 0.3) is 0 Å². The molecule has 0 bridgehead atoms. The third-order valence-corrected chi connectivity index (χ3v) is 3.13. The molecule has 1 N–H and O–H groups in total. The summed E-state index contributed by atoms with van der Waals surface area (Å²) in [6, 6.07) is 2.33. The fourth-order valence-electron chi connectivity index (χ4n) is 2.02. The Balaban J connectivity index is 1.57. The van der Waals surface area contributed by atoms with Crippen LogP contribution in [0.25, 0.3) is 11.4 Å². The number of esters is 1. The summed E-state index contributed by atoms with van der Waals surface area (Å²) in [6.45, 7) is 0.233. The molecule has 0 radical (unpaired) electrons. The minimum absolute atomic E-state index is 0.0872. The molecule has 1 fully saturated rings. The molecule has 1 aromatic carbocycles. The van der Waals surface area contributed by atoms with E-state index in [9.17, 15) is 18.8 Å². The maximum Gasteiger partial charge on any atom is 0.344 e. The average molecular weight is 357 g/mol. The highest BCUT2D eigenvalue weighted by Gasteiger charge is 2.20. The van der Waals surface area contributed by atoms with E-state index in [0.717, 1.165) is 12.1 Å². The highest BCUT2D eigenvalue weighted by molar-refractivity contribution is 5.71. The fourth-order valence-corrected chi connectivity index (χ4v) is 2.02. The first-order valence-corrected chi connectivity index (χ1v) is 7.16. The van der Waals surface area contributed by atoms with Gasteiger partial charge in [-0.05, 0) is 12.1 Å². The fraction of sp³-hybridized carbons (Fsp3) is 0.357. The average Bonchev–Trinajstić information content (AvgIpc) is 3.21. The van der Waals surface area contributed by atoms with Gasteiger partial charge in [0.2, 0.25) is 5.82 Å². The van der Waals surface area contributed by atoms with Gasteiger partial charge in [-0.1, -0.05) is 9.94 Å². The van der Waals surface area contributed by atoms with E-state index in [1.54, 1.807) is 0 Å². The number of halogens is 2. The molecule has 0 unspecified atom stereocenters. The lowest BCUT2D eigenvalue weighted by atomic mass is 10.2. The lowest BCUT2D eigenvalue weighted by Crippen LogP contribution is -2.23. The van der Waals surface area contributed by atoms with Crippen molar-refractivity contribution in [2.75, 3.05) is 26.4 Å². The first-order chi connectivity index (χ1) is 12.0. The molecule has 25 heavy (non-hydrogen) atoms. The third-order valence-electron chi connectivity index (χ3n) is 3.13. The largest absolute Gasteiger partial charge is 0.458 e. The van der Waals surface area contributed by atoms with Gasteiger partial charge in [0.05, 0.1) is 18.8 Å². The predicted octanol–water partition coefficient (Wildman–Crippen LogP) is 0.755. The Kier molecular flexibility index (Phi) is 5.05. The molecule has 0 atom stereocenters. The second-order valence-corrected chi connectivity index (χ2v) is 4.87. The van der Waals surface area contributed by atoms with Gasteiger partial charge in [0.15, 0.2) is 12.9 Å². The molecular weight excluding hydrogens is 344 g/mol. The Bertz CT molecular complexity index is 763. The summed E-state index contributed by atoms with van der Waals surface area (Å²) < 4.78 is 46.7. The second-order valence-electron chi connectivity index (χ2n) is 4.87. The quantitative estimate of drug-likeness (QED) is 0.597. The van der Waals surface area contributed by atoms with Crippen LogP contribution in [0.3, 0.4) is 0 Å². The molecule has 1 aromatic heterocycles. The van der Waals surface area contributed by atoms with Gasteiger partial charge in [-0.15, -0.1) is 0 Å². The van der Waals surface area contributed by atoms with Crippen molar-refractivity contribution >= 4 is 5.97 Å². The molecule has 2 heterocycles. The Labute approximate surface area is 139 Å². The smallest absolute Gasteiger partial charge is 0.344 e.